The van der Waals surface area contributed by atoms with E-state index < -0.39 is 11.5 Å². The van der Waals surface area contributed by atoms with E-state index in [4.69, 9.17) is 0 Å². The minimum absolute atomic E-state index is 0.209. The van der Waals surface area contributed by atoms with E-state index in [1.54, 1.807) is 31.2 Å². The molecule has 9 nitrogen and oxygen atoms in total. The maximum Gasteiger partial charge on any atom is 0.426 e. The number of anilines is 2. The number of nitrogens with zero attached hydrogens (tertiary/aromatic N) is 2. The van der Waals surface area contributed by atoms with Crippen molar-refractivity contribution in [3.63, 3.8) is 0 Å². The van der Waals surface area contributed by atoms with E-state index in [0.717, 1.165) is 22.2 Å². The summed E-state index contributed by atoms with van der Waals surface area (Å²) in [4.78, 5) is 36.0. The Morgan fingerprint density at radius 1 is 1.30 bits per heavy atom. The van der Waals surface area contributed by atoms with E-state index in [-0.39, 0.29) is 23.0 Å². The number of hydrogen-bond donors (Lipinski definition) is 3. The molecule has 2 amide bonds. The van der Waals surface area contributed by atoms with Gasteiger partial charge in [-0.2, -0.15) is 5.26 Å². The molecular weight excluding hydrogens is 370 g/mol. The number of carbonyl (C=O) groups is 2. The highest BCUT2D eigenvalue weighted by atomic mass is 32.1. The zero-order valence-corrected chi connectivity index (χ0v) is 14.9. The normalized spacial score (nSPS) is 10.2. The van der Waals surface area contributed by atoms with Crippen LogP contribution in [0.5, 0.6) is 0 Å². The third-order valence-corrected chi connectivity index (χ3v) is 4.79. The molecular formula is C17H14N5O4S+. The van der Waals surface area contributed by atoms with Gasteiger partial charge in [0.05, 0.1) is 10.4 Å². The molecule has 0 spiro atoms. The van der Waals surface area contributed by atoms with Crippen molar-refractivity contribution >= 4 is 33.8 Å². The van der Waals surface area contributed by atoms with Crippen LogP contribution in [0.2, 0.25) is 0 Å². The molecule has 10 heteroatoms. The Bertz CT molecular complexity index is 1090. The van der Waals surface area contributed by atoms with E-state index in [9.17, 15) is 19.6 Å². The smallest absolute Gasteiger partial charge is 0.321 e. The molecule has 3 aromatic rings. The molecule has 27 heavy (non-hydrogen) atoms. The first-order chi connectivity index (χ1) is 13.0. The second kappa shape index (κ2) is 7.67. The Morgan fingerprint density at radius 3 is 2.67 bits per heavy atom. The fourth-order valence-electron chi connectivity index (χ4n) is 2.34. The van der Waals surface area contributed by atoms with Gasteiger partial charge in [-0.25, -0.2) is 4.79 Å². The molecule has 0 bridgehead atoms. The molecule has 0 unspecified atom stereocenters. The Labute approximate surface area is 156 Å². The highest BCUT2D eigenvalue weighted by Crippen LogP contribution is 2.33. The Balaban J connectivity index is 1.79. The minimum atomic E-state index is -0.618. The summed E-state index contributed by atoms with van der Waals surface area (Å²) in [5, 5.41) is 17.3. The van der Waals surface area contributed by atoms with Gasteiger partial charge in [-0.1, -0.05) is 22.9 Å². The van der Waals surface area contributed by atoms with Crippen molar-refractivity contribution in [2.45, 2.75) is 13.5 Å². The first-order valence-corrected chi connectivity index (χ1v) is 8.57. The first kappa shape index (κ1) is 18.1. The van der Waals surface area contributed by atoms with Gasteiger partial charge in [-0.15, -0.1) is 11.3 Å². The van der Waals surface area contributed by atoms with Crippen molar-refractivity contribution in [1.29, 1.82) is 5.26 Å². The van der Waals surface area contributed by atoms with Gasteiger partial charge in [0.1, 0.15) is 11.1 Å². The van der Waals surface area contributed by atoms with Crippen LogP contribution < -0.4 is 20.9 Å². The molecule has 3 rings (SSSR count). The second-order valence-corrected chi connectivity index (χ2v) is 6.53. The van der Waals surface area contributed by atoms with E-state index in [0.29, 0.717) is 16.1 Å². The average Bonchev–Trinajstić information content (AvgIpc) is 3.18. The molecule has 136 valence electrons. The largest absolute Gasteiger partial charge is 0.426 e. The number of thiophene rings is 1. The monoisotopic (exact) mass is 384 g/mol. The number of aromatic nitrogens is 2. The third-order valence-electron chi connectivity index (χ3n) is 3.59. The van der Waals surface area contributed by atoms with Gasteiger partial charge in [-0.05, 0) is 29.9 Å². The lowest BCUT2D eigenvalue weighted by molar-refractivity contribution is -0.750. The topological polar surface area (TPSA) is 132 Å². The van der Waals surface area contributed by atoms with E-state index in [2.05, 4.69) is 20.4 Å². The summed E-state index contributed by atoms with van der Waals surface area (Å²) in [6, 6.07) is 10.9. The van der Waals surface area contributed by atoms with Crippen molar-refractivity contribution in [3.05, 3.63) is 63.0 Å². The van der Waals surface area contributed by atoms with Crippen LogP contribution in [-0.4, -0.2) is 17.1 Å². The zero-order chi connectivity index (χ0) is 19.4. The third kappa shape index (κ3) is 4.10. The number of rotatable bonds is 5. The van der Waals surface area contributed by atoms with Crippen LogP contribution in [0, 0.1) is 18.3 Å². The van der Waals surface area contributed by atoms with E-state index >= 15 is 0 Å². The Kier molecular flexibility index (Phi) is 5.14. The summed E-state index contributed by atoms with van der Waals surface area (Å²) in [6.07, 6.45) is 1.09. The highest BCUT2D eigenvalue weighted by Gasteiger charge is 2.23. The minimum Gasteiger partial charge on any atom is -0.321 e. The van der Waals surface area contributed by atoms with Crippen LogP contribution in [-0.2, 0) is 11.3 Å². The molecule has 0 aliphatic heterocycles. The zero-order valence-electron chi connectivity index (χ0n) is 14.1. The molecule has 0 saturated carbocycles. The fraction of sp³-hybridized carbons (Fsp3) is 0.118. The van der Waals surface area contributed by atoms with Crippen LogP contribution in [0.25, 0.3) is 0 Å². The van der Waals surface area contributed by atoms with Gasteiger partial charge in [0.2, 0.25) is 0 Å². The lowest BCUT2D eigenvalue weighted by atomic mass is 10.1. The molecule has 0 fully saturated rings. The molecule has 2 aromatic heterocycles. The molecule has 0 aliphatic carbocycles. The molecule has 0 radical (unpaired) electrons. The van der Waals surface area contributed by atoms with Gasteiger partial charge in [0.15, 0.2) is 0 Å². The predicted molar refractivity (Wildman–Crippen MR) is 96.3 cm³/mol. The Hall–Kier alpha value is -3.71. The summed E-state index contributed by atoms with van der Waals surface area (Å²) < 4.78 is 5.63. The standard InChI is InChI=1S/C17H13N5O4S/c1-10-12(7-18)17(20-13(23)8-22-9-14(24)26-21-22)27-15(10)16(25)19-11-5-3-2-4-6-11/h2-6,9H,8H2,1H3,(H2-,19,20,21,23,24,25)/p+1. The number of H-pyrrole nitrogens is 1. The van der Waals surface area contributed by atoms with E-state index in [1.165, 1.54) is 0 Å². The average molecular weight is 384 g/mol. The number of hydrogen-bond acceptors (Lipinski definition) is 6. The fourth-order valence-corrected chi connectivity index (χ4v) is 3.41. The number of carbonyl (C=O) groups excluding carboxylic acids is 2. The van der Waals surface area contributed by atoms with Crippen LogP contribution in [0.1, 0.15) is 20.8 Å². The number of nitrogens with one attached hydrogen (secondary N) is 3. The van der Waals surface area contributed by atoms with Gasteiger partial charge < -0.3 is 10.6 Å². The van der Waals surface area contributed by atoms with Crippen LogP contribution in [0.3, 0.4) is 0 Å². The molecule has 0 saturated heterocycles. The number of para-hydroxylation sites is 1. The van der Waals surface area contributed by atoms with Crippen molar-refractivity contribution in [1.82, 2.24) is 5.27 Å². The SMILES string of the molecule is Cc1c(C(=O)Nc2ccccc2)sc(NC(=O)C[n+]2cc(=O)o[nH]2)c1C#N. The summed E-state index contributed by atoms with van der Waals surface area (Å²) in [6.45, 7) is 1.44. The van der Waals surface area contributed by atoms with Crippen molar-refractivity contribution in [3.8, 4) is 6.07 Å². The number of benzene rings is 1. The molecule has 0 atom stereocenters. The predicted octanol–water partition coefficient (Wildman–Crippen LogP) is 1.39. The van der Waals surface area contributed by atoms with Gasteiger partial charge in [0.25, 0.3) is 24.6 Å². The van der Waals surface area contributed by atoms with Crippen molar-refractivity contribution in [2.75, 3.05) is 10.6 Å². The van der Waals surface area contributed by atoms with Gasteiger partial charge in [-0.3, -0.25) is 14.1 Å². The van der Waals surface area contributed by atoms with Crippen LogP contribution in [0.4, 0.5) is 10.7 Å². The van der Waals surface area contributed by atoms with Crippen LogP contribution >= 0.6 is 11.3 Å². The summed E-state index contributed by atoms with van der Waals surface area (Å²) in [5.74, 6) is -0.848. The summed E-state index contributed by atoms with van der Waals surface area (Å²) >= 11 is 1.01. The van der Waals surface area contributed by atoms with Crippen molar-refractivity contribution in [2.24, 2.45) is 0 Å². The Morgan fingerprint density at radius 2 is 2.04 bits per heavy atom. The first-order valence-electron chi connectivity index (χ1n) is 7.75. The van der Waals surface area contributed by atoms with Crippen molar-refractivity contribution < 1.29 is 18.8 Å². The molecule has 2 heterocycles. The number of aromatic amines is 1. The van der Waals surface area contributed by atoms with Crippen LogP contribution in [0.15, 0.2) is 45.8 Å². The van der Waals surface area contributed by atoms with Gasteiger partial charge >= 0.3 is 5.63 Å². The lowest BCUT2D eigenvalue weighted by Gasteiger charge is -2.03. The number of nitriles is 1. The van der Waals surface area contributed by atoms with E-state index in [1.807, 2.05) is 12.1 Å². The number of amides is 2. The molecule has 1 aromatic carbocycles. The summed E-state index contributed by atoms with van der Waals surface area (Å²) in [7, 11) is 0. The lowest BCUT2D eigenvalue weighted by Crippen LogP contribution is -2.41. The maximum atomic E-state index is 12.5. The highest BCUT2D eigenvalue weighted by molar-refractivity contribution is 7.18. The second-order valence-electron chi connectivity index (χ2n) is 5.51. The maximum absolute atomic E-state index is 12.5. The molecule has 3 N–H and O–H groups in total. The molecule has 0 aliphatic rings. The summed E-state index contributed by atoms with van der Waals surface area (Å²) in [5.41, 5.74) is 0.708. The quantitative estimate of drug-likeness (QED) is 0.572. The van der Waals surface area contributed by atoms with Gasteiger partial charge in [0, 0.05) is 5.69 Å².